The Hall–Kier alpha value is -1.53. The summed E-state index contributed by atoms with van der Waals surface area (Å²) in [6, 6.07) is 9.93. The third kappa shape index (κ3) is 3.13. The molecule has 2 unspecified atom stereocenters. The van der Waals surface area contributed by atoms with Crippen molar-refractivity contribution in [3.8, 4) is 0 Å². The number of nitrogens with zero attached hydrogens (tertiary/aromatic N) is 1. The van der Waals surface area contributed by atoms with Crippen LogP contribution in [0.25, 0.3) is 0 Å². The second-order valence-corrected chi connectivity index (χ2v) is 5.52. The van der Waals surface area contributed by atoms with Gasteiger partial charge in [-0.1, -0.05) is 30.3 Å². The number of methoxy groups -OCH3 is 2. The fourth-order valence-corrected chi connectivity index (χ4v) is 3.29. The van der Waals surface area contributed by atoms with E-state index in [1.54, 1.807) is 0 Å². The zero-order valence-electron chi connectivity index (χ0n) is 11.4. The number of carbonyl (C=O) groups excluding carboxylic acids is 2. The van der Waals surface area contributed by atoms with Gasteiger partial charge >= 0.3 is 5.97 Å². The highest BCUT2D eigenvalue weighted by Crippen LogP contribution is 2.33. The van der Waals surface area contributed by atoms with Gasteiger partial charge in [-0.2, -0.15) is 0 Å². The van der Waals surface area contributed by atoms with Crippen LogP contribution in [0.4, 0.5) is 0 Å². The van der Waals surface area contributed by atoms with Crippen LogP contribution in [0.5, 0.6) is 0 Å². The molecule has 0 bridgehead atoms. The average Bonchev–Trinajstić information content (AvgIpc) is 2.49. The van der Waals surface area contributed by atoms with Gasteiger partial charge < -0.3 is 14.4 Å². The predicted molar refractivity (Wildman–Crippen MR) is 76.1 cm³/mol. The van der Waals surface area contributed by atoms with Gasteiger partial charge in [0.25, 0.3) is 0 Å². The van der Waals surface area contributed by atoms with Crippen LogP contribution in [0.1, 0.15) is 5.56 Å². The molecule has 2 rings (SSSR count). The maximum atomic E-state index is 12.0. The third-order valence-electron chi connectivity index (χ3n) is 3.13. The summed E-state index contributed by atoms with van der Waals surface area (Å²) in [4.78, 5) is 24.6. The largest absolute Gasteiger partial charge is 0.468 e. The van der Waals surface area contributed by atoms with Crippen molar-refractivity contribution < 1.29 is 19.1 Å². The number of hydrogen-bond donors (Lipinski definition) is 0. The normalized spacial score (nSPS) is 21.5. The molecule has 1 aliphatic heterocycles. The summed E-state index contributed by atoms with van der Waals surface area (Å²) in [6.07, 6.45) is -0.365. The standard InChI is InChI=1S/C14H17NO4S/c1-18-11(16)8-15-13(17)12(14(15)19-2)20-9-10-6-4-3-5-7-10/h3-7,12,14H,8-9H2,1-2H3. The smallest absolute Gasteiger partial charge is 0.325 e. The highest BCUT2D eigenvalue weighted by atomic mass is 32.2. The Morgan fingerprint density at radius 2 is 2.00 bits per heavy atom. The first-order chi connectivity index (χ1) is 9.67. The number of esters is 1. The Kier molecular flexibility index (Phi) is 5.03. The number of β-lactam (4-membered cyclic amide) rings is 1. The molecule has 0 aromatic heterocycles. The predicted octanol–water partition coefficient (Wildman–Crippen LogP) is 1.28. The number of ether oxygens (including phenoxy) is 2. The second kappa shape index (κ2) is 6.76. The molecule has 2 atom stereocenters. The van der Waals surface area contributed by atoms with Gasteiger partial charge in [-0.25, -0.2) is 0 Å². The van der Waals surface area contributed by atoms with E-state index in [1.807, 2.05) is 30.3 Å². The maximum Gasteiger partial charge on any atom is 0.325 e. The van der Waals surface area contributed by atoms with Crippen LogP contribution < -0.4 is 0 Å². The molecule has 1 aliphatic rings. The second-order valence-electron chi connectivity index (χ2n) is 4.39. The van der Waals surface area contributed by atoms with Gasteiger partial charge in [0.15, 0.2) is 6.23 Å². The summed E-state index contributed by atoms with van der Waals surface area (Å²) in [5.41, 5.74) is 1.16. The summed E-state index contributed by atoms with van der Waals surface area (Å²) in [6.45, 7) is -0.0593. The van der Waals surface area contributed by atoms with E-state index in [2.05, 4.69) is 4.74 Å². The SMILES string of the molecule is COC(=O)CN1C(=O)C(SCc2ccccc2)C1OC. The average molecular weight is 295 g/mol. The summed E-state index contributed by atoms with van der Waals surface area (Å²) in [7, 11) is 2.84. The minimum absolute atomic E-state index is 0.0593. The first-order valence-electron chi connectivity index (χ1n) is 6.23. The number of carbonyl (C=O) groups is 2. The zero-order chi connectivity index (χ0) is 14.5. The minimum atomic E-state index is -0.438. The molecule has 0 saturated carbocycles. The van der Waals surface area contributed by atoms with Crippen LogP contribution in [0.3, 0.4) is 0 Å². The van der Waals surface area contributed by atoms with Gasteiger partial charge in [-0.3, -0.25) is 9.59 Å². The van der Waals surface area contributed by atoms with Crippen molar-refractivity contribution in [1.29, 1.82) is 0 Å². The molecule has 0 radical (unpaired) electrons. The lowest BCUT2D eigenvalue weighted by molar-refractivity contribution is -0.173. The van der Waals surface area contributed by atoms with E-state index in [-0.39, 0.29) is 23.9 Å². The van der Waals surface area contributed by atoms with E-state index in [1.165, 1.54) is 30.9 Å². The molecule has 1 aromatic rings. The molecule has 6 heteroatoms. The molecule has 1 amide bonds. The minimum Gasteiger partial charge on any atom is -0.468 e. The number of benzene rings is 1. The van der Waals surface area contributed by atoms with E-state index in [0.717, 1.165) is 11.3 Å². The van der Waals surface area contributed by atoms with Crippen LogP contribution in [0, 0.1) is 0 Å². The third-order valence-corrected chi connectivity index (χ3v) is 4.43. The van der Waals surface area contributed by atoms with Crippen molar-refractivity contribution in [3.05, 3.63) is 35.9 Å². The Bertz CT molecular complexity index is 479. The van der Waals surface area contributed by atoms with E-state index in [4.69, 9.17) is 4.74 Å². The number of likely N-dealkylation sites (tertiary alicyclic amines) is 1. The van der Waals surface area contributed by atoms with E-state index < -0.39 is 5.97 Å². The van der Waals surface area contributed by atoms with Crippen LogP contribution in [-0.4, -0.2) is 49.0 Å². The molecule has 108 valence electrons. The van der Waals surface area contributed by atoms with E-state index >= 15 is 0 Å². The quantitative estimate of drug-likeness (QED) is 0.584. The molecular formula is C14H17NO4S. The van der Waals surface area contributed by atoms with E-state index in [0.29, 0.717) is 0 Å². The molecule has 0 N–H and O–H groups in total. The van der Waals surface area contributed by atoms with Crippen LogP contribution >= 0.6 is 11.8 Å². The van der Waals surface area contributed by atoms with Gasteiger partial charge in [0.05, 0.1) is 7.11 Å². The van der Waals surface area contributed by atoms with Crippen molar-refractivity contribution in [1.82, 2.24) is 4.90 Å². The molecule has 1 heterocycles. The first kappa shape index (κ1) is 14.9. The Morgan fingerprint density at radius 3 is 2.60 bits per heavy atom. The zero-order valence-corrected chi connectivity index (χ0v) is 12.3. The fraction of sp³-hybridized carbons (Fsp3) is 0.429. The number of amides is 1. The van der Waals surface area contributed by atoms with Crippen LogP contribution in [0.15, 0.2) is 30.3 Å². The highest BCUT2D eigenvalue weighted by molar-refractivity contribution is 8.00. The topological polar surface area (TPSA) is 55.8 Å². The molecule has 20 heavy (non-hydrogen) atoms. The van der Waals surface area contributed by atoms with Crippen molar-refractivity contribution in [2.75, 3.05) is 20.8 Å². The fourth-order valence-electron chi connectivity index (χ4n) is 2.03. The van der Waals surface area contributed by atoms with Gasteiger partial charge in [0.2, 0.25) is 5.91 Å². The van der Waals surface area contributed by atoms with Crippen LogP contribution in [0.2, 0.25) is 0 Å². The highest BCUT2D eigenvalue weighted by Gasteiger charge is 2.48. The van der Waals surface area contributed by atoms with E-state index in [9.17, 15) is 9.59 Å². The van der Waals surface area contributed by atoms with Gasteiger partial charge in [-0.15, -0.1) is 11.8 Å². The molecule has 0 aliphatic carbocycles. The molecule has 1 saturated heterocycles. The molecule has 0 spiro atoms. The summed E-state index contributed by atoms with van der Waals surface area (Å²) >= 11 is 1.53. The van der Waals surface area contributed by atoms with Gasteiger partial charge in [-0.05, 0) is 5.56 Å². The molecule has 1 fully saturated rings. The Balaban J connectivity index is 1.90. The van der Waals surface area contributed by atoms with Gasteiger partial charge in [0, 0.05) is 12.9 Å². The summed E-state index contributed by atoms with van der Waals surface area (Å²) < 4.78 is 9.86. The maximum absolute atomic E-state index is 12.0. The first-order valence-corrected chi connectivity index (χ1v) is 7.28. The Morgan fingerprint density at radius 1 is 1.30 bits per heavy atom. The lowest BCUT2D eigenvalue weighted by Gasteiger charge is -2.44. The van der Waals surface area contributed by atoms with Crippen molar-refractivity contribution in [2.24, 2.45) is 0 Å². The lowest BCUT2D eigenvalue weighted by Crippen LogP contribution is -2.65. The molecular weight excluding hydrogens is 278 g/mol. The summed E-state index contributed by atoms with van der Waals surface area (Å²) in [5.74, 6) is 0.221. The Labute approximate surface area is 122 Å². The van der Waals surface area contributed by atoms with Crippen molar-refractivity contribution in [2.45, 2.75) is 17.2 Å². The summed E-state index contributed by atoms with van der Waals surface area (Å²) in [5, 5.41) is -0.259. The molecule has 5 nitrogen and oxygen atoms in total. The number of thioether (sulfide) groups is 1. The number of rotatable bonds is 6. The monoisotopic (exact) mass is 295 g/mol. The van der Waals surface area contributed by atoms with Crippen molar-refractivity contribution in [3.63, 3.8) is 0 Å². The number of hydrogen-bond acceptors (Lipinski definition) is 5. The molecule has 1 aromatic carbocycles. The van der Waals surface area contributed by atoms with Crippen molar-refractivity contribution >= 4 is 23.6 Å². The van der Waals surface area contributed by atoms with Crippen LogP contribution in [-0.2, 0) is 24.8 Å². The lowest BCUT2D eigenvalue weighted by atomic mass is 10.1. The van der Waals surface area contributed by atoms with Gasteiger partial charge in [0.1, 0.15) is 11.8 Å².